The van der Waals surface area contributed by atoms with Gasteiger partial charge in [0.25, 0.3) is 0 Å². The largest absolute Gasteiger partial charge is 0.384 e. The smallest absolute Gasteiger partial charge is 0.158 e. The van der Waals surface area contributed by atoms with Gasteiger partial charge in [0, 0.05) is 25.3 Å². The molecule has 0 amide bonds. The second-order valence-electron chi connectivity index (χ2n) is 6.15. The van der Waals surface area contributed by atoms with Gasteiger partial charge in [-0.3, -0.25) is 0 Å². The molecule has 2 atom stereocenters. The van der Waals surface area contributed by atoms with E-state index in [2.05, 4.69) is 9.88 Å². The fourth-order valence-corrected chi connectivity index (χ4v) is 3.82. The summed E-state index contributed by atoms with van der Waals surface area (Å²) in [7, 11) is 0. The lowest BCUT2D eigenvalue weighted by Crippen LogP contribution is -2.47. The number of nitrogens with two attached hydrogens (primary N) is 1. The maximum atomic E-state index is 5.97. The Balaban J connectivity index is 1.82. The van der Waals surface area contributed by atoms with Crippen LogP contribution in [0, 0.1) is 5.92 Å². The molecule has 1 saturated heterocycles. The van der Waals surface area contributed by atoms with Crippen molar-refractivity contribution in [2.24, 2.45) is 5.92 Å². The number of fused-ring (bicyclic) bond motifs is 1. The molecule has 0 spiro atoms. The molecule has 21 heavy (non-hydrogen) atoms. The van der Waals surface area contributed by atoms with E-state index in [9.17, 15) is 0 Å². The molecule has 1 aliphatic heterocycles. The summed E-state index contributed by atoms with van der Waals surface area (Å²) in [6, 6.07) is 2.56. The molecular weight excluding hydrogens is 264 g/mol. The highest BCUT2D eigenvalue weighted by Gasteiger charge is 2.34. The first-order chi connectivity index (χ1) is 10.3. The Kier molecular flexibility index (Phi) is 4.58. The average Bonchev–Trinajstić information content (AvgIpc) is 2.52. The van der Waals surface area contributed by atoms with Crippen molar-refractivity contribution in [3.63, 3.8) is 0 Å². The van der Waals surface area contributed by atoms with Crippen LogP contribution in [0.4, 0.5) is 11.6 Å². The Bertz CT molecular complexity index is 477. The third-order valence-corrected chi connectivity index (χ3v) is 4.75. The summed E-state index contributed by atoms with van der Waals surface area (Å²) in [6.45, 7) is 4.18. The number of ether oxygens (including phenoxy) is 1. The van der Waals surface area contributed by atoms with Gasteiger partial charge in [0.05, 0.1) is 0 Å². The Morgan fingerprint density at radius 3 is 2.90 bits per heavy atom. The zero-order valence-corrected chi connectivity index (χ0v) is 12.9. The number of piperidine rings is 1. The van der Waals surface area contributed by atoms with E-state index in [0.29, 0.717) is 30.9 Å². The van der Waals surface area contributed by atoms with Gasteiger partial charge >= 0.3 is 0 Å². The number of rotatable bonds is 4. The topological polar surface area (TPSA) is 64.3 Å². The first kappa shape index (κ1) is 14.6. The molecular formula is C16H26N4O. The minimum Gasteiger partial charge on any atom is -0.384 e. The molecule has 1 aromatic rings. The minimum atomic E-state index is 0.441. The van der Waals surface area contributed by atoms with E-state index in [1.54, 1.807) is 0 Å². The molecule has 2 heterocycles. The first-order valence-electron chi connectivity index (χ1n) is 8.25. The summed E-state index contributed by atoms with van der Waals surface area (Å²) < 4.78 is 5.42. The monoisotopic (exact) mass is 290 g/mol. The van der Waals surface area contributed by atoms with Crippen molar-refractivity contribution in [1.29, 1.82) is 0 Å². The van der Waals surface area contributed by atoms with Crippen LogP contribution in [0.25, 0.3) is 0 Å². The Morgan fingerprint density at radius 1 is 1.24 bits per heavy atom. The van der Waals surface area contributed by atoms with Crippen molar-refractivity contribution >= 4 is 11.6 Å². The third-order valence-electron chi connectivity index (χ3n) is 4.75. The van der Waals surface area contributed by atoms with Crippen LogP contribution in [0.2, 0.25) is 0 Å². The number of anilines is 2. The van der Waals surface area contributed by atoms with Crippen LogP contribution in [-0.2, 0) is 11.3 Å². The molecule has 0 radical (unpaired) electrons. The van der Waals surface area contributed by atoms with Crippen molar-refractivity contribution in [3.05, 3.63) is 11.9 Å². The number of nitrogens with zero attached hydrogens (tertiary/aromatic N) is 3. The molecule has 1 aromatic heterocycles. The normalized spacial score (nSPS) is 25.7. The van der Waals surface area contributed by atoms with E-state index >= 15 is 0 Å². The molecule has 0 aromatic carbocycles. The van der Waals surface area contributed by atoms with Crippen molar-refractivity contribution in [2.75, 3.05) is 23.8 Å². The van der Waals surface area contributed by atoms with Crippen molar-refractivity contribution in [3.8, 4) is 0 Å². The fourth-order valence-electron chi connectivity index (χ4n) is 3.82. The van der Waals surface area contributed by atoms with E-state index in [1.807, 2.05) is 13.0 Å². The highest BCUT2D eigenvalue weighted by molar-refractivity contribution is 5.48. The maximum absolute atomic E-state index is 5.97. The van der Waals surface area contributed by atoms with Gasteiger partial charge in [0.1, 0.15) is 18.2 Å². The lowest BCUT2D eigenvalue weighted by Gasteiger charge is -2.44. The lowest BCUT2D eigenvalue weighted by atomic mass is 9.78. The summed E-state index contributed by atoms with van der Waals surface area (Å²) in [5.74, 6) is 3.07. The van der Waals surface area contributed by atoms with Crippen LogP contribution >= 0.6 is 0 Å². The quantitative estimate of drug-likeness (QED) is 0.923. The van der Waals surface area contributed by atoms with Gasteiger partial charge in [-0.25, -0.2) is 9.97 Å². The van der Waals surface area contributed by atoms with E-state index in [1.165, 1.54) is 38.5 Å². The van der Waals surface area contributed by atoms with Gasteiger partial charge in [-0.05, 0) is 38.5 Å². The van der Waals surface area contributed by atoms with Crippen LogP contribution in [0.1, 0.15) is 51.3 Å². The predicted molar refractivity (Wildman–Crippen MR) is 84.1 cm³/mol. The highest BCUT2D eigenvalue weighted by Crippen LogP contribution is 2.37. The Labute approximate surface area is 126 Å². The van der Waals surface area contributed by atoms with E-state index in [-0.39, 0.29) is 0 Å². The average molecular weight is 290 g/mol. The molecule has 5 nitrogen and oxygen atoms in total. The molecule has 116 valence electrons. The number of aromatic nitrogens is 2. The first-order valence-corrected chi connectivity index (χ1v) is 8.25. The molecule has 0 bridgehead atoms. The Morgan fingerprint density at radius 2 is 2.05 bits per heavy atom. The standard InChI is InChI=1S/C16H26N4O/c1-2-21-11-15-18-14(17)10-16(19-15)20-9-5-7-12-6-3-4-8-13(12)20/h10,12-13H,2-9,11H2,1H3,(H2,17,18,19)/t12-,13-/m1/s1. The molecule has 1 saturated carbocycles. The number of hydrogen-bond acceptors (Lipinski definition) is 5. The van der Waals surface area contributed by atoms with Gasteiger partial charge in [0.2, 0.25) is 0 Å². The molecule has 1 aliphatic carbocycles. The molecule has 2 N–H and O–H groups in total. The van der Waals surface area contributed by atoms with Crippen molar-refractivity contribution < 1.29 is 4.74 Å². The van der Waals surface area contributed by atoms with Gasteiger partial charge < -0.3 is 15.4 Å². The number of hydrogen-bond donors (Lipinski definition) is 1. The summed E-state index contributed by atoms with van der Waals surface area (Å²) in [5, 5.41) is 0. The van der Waals surface area contributed by atoms with E-state index < -0.39 is 0 Å². The van der Waals surface area contributed by atoms with Gasteiger partial charge in [-0.2, -0.15) is 0 Å². The third kappa shape index (κ3) is 3.28. The van der Waals surface area contributed by atoms with Gasteiger partial charge in [-0.1, -0.05) is 12.8 Å². The summed E-state index contributed by atoms with van der Waals surface area (Å²) in [4.78, 5) is 11.5. The molecule has 5 heteroatoms. The number of nitrogen functional groups attached to an aromatic ring is 1. The Hall–Kier alpha value is -1.36. The van der Waals surface area contributed by atoms with Crippen molar-refractivity contribution in [1.82, 2.24) is 9.97 Å². The van der Waals surface area contributed by atoms with E-state index in [0.717, 1.165) is 18.3 Å². The second kappa shape index (κ2) is 6.60. The van der Waals surface area contributed by atoms with Crippen LogP contribution in [0.3, 0.4) is 0 Å². The molecule has 2 fully saturated rings. The molecule has 3 rings (SSSR count). The van der Waals surface area contributed by atoms with Crippen LogP contribution in [0.15, 0.2) is 6.07 Å². The van der Waals surface area contributed by atoms with Crippen LogP contribution < -0.4 is 10.6 Å². The summed E-state index contributed by atoms with van der Waals surface area (Å²) in [6.07, 6.45) is 8.00. The summed E-state index contributed by atoms with van der Waals surface area (Å²) >= 11 is 0. The maximum Gasteiger partial charge on any atom is 0.158 e. The summed E-state index contributed by atoms with van der Waals surface area (Å²) in [5.41, 5.74) is 5.97. The molecule has 0 unspecified atom stereocenters. The second-order valence-corrected chi connectivity index (χ2v) is 6.15. The predicted octanol–water partition coefficient (Wildman–Crippen LogP) is 2.75. The van der Waals surface area contributed by atoms with Crippen molar-refractivity contribution in [2.45, 2.75) is 58.1 Å². The zero-order valence-electron chi connectivity index (χ0n) is 12.9. The fraction of sp³-hybridized carbons (Fsp3) is 0.750. The minimum absolute atomic E-state index is 0.441. The molecule has 2 aliphatic rings. The SMILES string of the molecule is CCOCc1nc(N)cc(N2CCC[C@H]3CCCC[C@H]32)n1. The highest BCUT2D eigenvalue weighted by atomic mass is 16.5. The van der Waals surface area contributed by atoms with Crippen LogP contribution in [-0.4, -0.2) is 29.2 Å². The van der Waals surface area contributed by atoms with Gasteiger partial charge in [-0.15, -0.1) is 0 Å². The van der Waals surface area contributed by atoms with E-state index in [4.69, 9.17) is 15.5 Å². The zero-order chi connectivity index (χ0) is 14.7. The van der Waals surface area contributed by atoms with Crippen LogP contribution in [0.5, 0.6) is 0 Å². The van der Waals surface area contributed by atoms with Gasteiger partial charge in [0.15, 0.2) is 5.82 Å². The lowest BCUT2D eigenvalue weighted by molar-refractivity contribution is 0.128.